The fourth-order valence-corrected chi connectivity index (χ4v) is 5.60. The van der Waals surface area contributed by atoms with E-state index in [4.69, 9.17) is 11.3 Å². The van der Waals surface area contributed by atoms with Crippen molar-refractivity contribution in [1.82, 2.24) is 19.4 Å². The van der Waals surface area contributed by atoms with Crippen LogP contribution in [-0.4, -0.2) is 50.7 Å². The zero-order valence-electron chi connectivity index (χ0n) is 22.2. The van der Waals surface area contributed by atoms with E-state index >= 15 is 0 Å². The van der Waals surface area contributed by atoms with Gasteiger partial charge in [-0.2, -0.15) is 4.98 Å². The second-order valence-corrected chi connectivity index (χ2v) is 10.2. The van der Waals surface area contributed by atoms with Crippen LogP contribution >= 0.6 is 0 Å². The van der Waals surface area contributed by atoms with E-state index in [2.05, 4.69) is 69.6 Å². The molecule has 3 heterocycles. The quantitative estimate of drug-likeness (QED) is 0.394. The van der Waals surface area contributed by atoms with Crippen molar-refractivity contribution in [2.75, 3.05) is 18.0 Å². The highest BCUT2D eigenvalue weighted by molar-refractivity contribution is 5.87. The summed E-state index contributed by atoms with van der Waals surface area (Å²) < 4.78 is 7.48. The lowest BCUT2D eigenvalue weighted by Gasteiger charge is -2.49. The van der Waals surface area contributed by atoms with Crippen LogP contribution in [0.25, 0.3) is 15.9 Å². The molecule has 2 aromatic heterocycles. The molecule has 194 valence electrons. The minimum Gasteiger partial charge on any atom is -0.490 e. The summed E-state index contributed by atoms with van der Waals surface area (Å²) >= 11 is 0. The molecule has 0 bridgehead atoms. The first-order valence-corrected chi connectivity index (χ1v) is 13.5. The number of aromatic nitrogens is 3. The number of hydrogen-bond acceptors (Lipinski definition) is 6. The van der Waals surface area contributed by atoms with E-state index in [0.717, 1.165) is 50.9 Å². The molecule has 3 atom stereocenters. The van der Waals surface area contributed by atoms with Gasteiger partial charge in [-0.15, -0.1) is 4.98 Å². The van der Waals surface area contributed by atoms with Gasteiger partial charge in [0.15, 0.2) is 5.82 Å². The van der Waals surface area contributed by atoms with Gasteiger partial charge in [0.05, 0.1) is 11.6 Å². The molecule has 0 amide bonds. The van der Waals surface area contributed by atoms with Gasteiger partial charge in [0, 0.05) is 38.3 Å². The maximum absolute atomic E-state index is 12.8. The smallest absolute Gasteiger partial charge is 0.350 e. The lowest BCUT2D eigenvalue weighted by molar-refractivity contribution is 0.0895. The minimum absolute atomic E-state index is 0.176. The first-order valence-electron chi connectivity index (χ1n) is 13.5. The molecule has 1 aromatic carbocycles. The summed E-state index contributed by atoms with van der Waals surface area (Å²) in [6.07, 6.45) is 5.63. The van der Waals surface area contributed by atoms with E-state index in [1.54, 1.807) is 19.2 Å². The highest BCUT2D eigenvalue weighted by Gasteiger charge is 2.38. The fraction of sp³-hybridized carbons (Fsp3) is 0.517. The molecule has 1 aliphatic carbocycles. The molecule has 0 N–H and O–H groups in total. The predicted molar refractivity (Wildman–Crippen MR) is 146 cm³/mol. The van der Waals surface area contributed by atoms with Crippen LogP contribution in [0.15, 0.2) is 41.2 Å². The van der Waals surface area contributed by atoms with E-state index in [1.165, 1.54) is 10.1 Å². The molecule has 2 fully saturated rings. The molecule has 0 radical (unpaired) electrons. The second kappa shape index (κ2) is 10.5. The topological polar surface area (TPSA) is 67.9 Å². The molecule has 2 aliphatic rings. The number of fused-ring (bicyclic) bond motifs is 1. The zero-order valence-corrected chi connectivity index (χ0v) is 22.2. The van der Waals surface area contributed by atoms with E-state index in [1.807, 2.05) is 0 Å². The van der Waals surface area contributed by atoms with Crippen LogP contribution in [0.5, 0.6) is 5.75 Å². The van der Waals surface area contributed by atoms with Crippen molar-refractivity contribution in [2.24, 2.45) is 7.05 Å². The zero-order chi connectivity index (χ0) is 26.1. The summed E-state index contributed by atoms with van der Waals surface area (Å²) in [5.41, 5.74) is 2.33. The average molecular weight is 501 g/mol. The van der Waals surface area contributed by atoms with Gasteiger partial charge in [0.2, 0.25) is 5.52 Å². The highest BCUT2D eigenvalue weighted by atomic mass is 16.5. The third-order valence-corrected chi connectivity index (χ3v) is 7.87. The van der Waals surface area contributed by atoms with Crippen LogP contribution in [0.3, 0.4) is 0 Å². The van der Waals surface area contributed by atoms with Gasteiger partial charge in [-0.25, -0.2) is 4.79 Å². The predicted octanol–water partition coefficient (Wildman–Crippen LogP) is 5.25. The van der Waals surface area contributed by atoms with Crippen LogP contribution in [0.2, 0.25) is 0 Å². The van der Waals surface area contributed by atoms with Crippen LogP contribution < -0.4 is 15.3 Å². The summed E-state index contributed by atoms with van der Waals surface area (Å²) in [5.74, 6) is 1.87. The molecule has 8 nitrogen and oxygen atoms in total. The van der Waals surface area contributed by atoms with Crippen LogP contribution in [0.1, 0.15) is 64.5 Å². The first-order chi connectivity index (χ1) is 18.0. The SMILES string of the molecule is [C-]#[N+]c1ccc2c(n1)c(N1C[C@@H](CC)N(C(CC)c3ccc(OC4CC4)cc3)C[C@@H]1CC)nc(=O)n2C. The number of aryl methyl sites for hydroxylation is 1. The van der Waals surface area contributed by atoms with Crippen molar-refractivity contribution in [3.8, 4) is 5.75 Å². The molecule has 0 spiro atoms. The van der Waals surface area contributed by atoms with Crippen LogP contribution in [0, 0.1) is 6.57 Å². The Labute approximate surface area is 218 Å². The Bertz CT molecular complexity index is 1360. The maximum Gasteiger partial charge on any atom is 0.350 e. The number of anilines is 1. The van der Waals surface area contributed by atoms with Gasteiger partial charge >= 0.3 is 5.69 Å². The fourth-order valence-electron chi connectivity index (χ4n) is 5.60. The molecular formula is C29H36N6O2. The molecule has 1 unspecified atom stereocenters. The highest BCUT2D eigenvalue weighted by Crippen LogP contribution is 2.36. The summed E-state index contributed by atoms with van der Waals surface area (Å²) in [6, 6.07) is 12.9. The Morgan fingerprint density at radius 1 is 1.03 bits per heavy atom. The Kier molecular flexibility index (Phi) is 7.16. The third kappa shape index (κ3) is 4.93. The molecule has 1 aliphatic heterocycles. The van der Waals surface area contributed by atoms with E-state index in [0.29, 0.717) is 40.9 Å². The van der Waals surface area contributed by atoms with Crippen LogP contribution in [0.4, 0.5) is 11.6 Å². The Morgan fingerprint density at radius 2 is 1.76 bits per heavy atom. The number of rotatable bonds is 8. The van der Waals surface area contributed by atoms with Crippen LogP contribution in [-0.2, 0) is 7.05 Å². The average Bonchev–Trinajstić information content (AvgIpc) is 3.75. The lowest BCUT2D eigenvalue weighted by atomic mass is 9.95. The normalized spacial score (nSPS) is 21.1. The number of hydrogen-bond donors (Lipinski definition) is 0. The van der Waals surface area contributed by atoms with E-state index < -0.39 is 0 Å². The summed E-state index contributed by atoms with van der Waals surface area (Å²) in [4.78, 5) is 30.3. The molecular weight excluding hydrogens is 464 g/mol. The number of piperazine rings is 1. The Morgan fingerprint density at radius 3 is 2.38 bits per heavy atom. The maximum atomic E-state index is 12.8. The number of benzene rings is 1. The van der Waals surface area contributed by atoms with Gasteiger partial charge in [-0.05, 0) is 61.9 Å². The van der Waals surface area contributed by atoms with E-state index in [9.17, 15) is 4.79 Å². The van der Waals surface area contributed by atoms with Crippen molar-refractivity contribution < 1.29 is 4.74 Å². The summed E-state index contributed by atoms with van der Waals surface area (Å²) in [7, 11) is 1.71. The van der Waals surface area contributed by atoms with Crippen molar-refractivity contribution in [1.29, 1.82) is 0 Å². The van der Waals surface area contributed by atoms with Gasteiger partial charge in [-0.1, -0.05) is 39.5 Å². The lowest BCUT2D eigenvalue weighted by Crippen LogP contribution is -2.59. The molecule has 3 aromatic rings. The van der Waals surface area contributed by atoms with Crippen molar-refractivity contribution in [3.63, 3.8) is 0 Å². The van der Waals surface area contributed by atoms with Gasteiger partial charge in [-0.3, -0.25) is 9.47 Å². The third-order valence-electron chi connectivity index (χ3n) is 7.87. The largest absolute Gasteiger partial charge is 0.490 e. The first kappa shape index (κ1) is 25.2. The van der Waals surface area contributed by atoms with Crippen molar-refractivity contribution >= 4 is 22.7 Å². The molecule has 8 heteroatoms. The van der Waals surface area contributed by atoms with E-state index in [-0.39, 0.29) is 11.7 Å². The van der Waals surface area contributed by atoms with Gasteiger partial charge in [0.25, 0.3) is 5.82 Å². The number of pyridine rings is 1. The Balaban J connectivity index is 1.48. The molecule has 37 heavy (non-hydrogen) atoms. The Hall–Kier alpha value is -3.44. The van der Waals surface area contributed by atoms with Gasteiger partial charge < -0.3 is 14.5 Å². The molecule has 5 rings (SSSR count). The number of nitrogens with zero attached hydrogens (tertiary/aromatic N) is 6. The van der Waals surface area contributed by atoms with Crippen molar-refractivity contribution in [2.45, 2.75) is 77.1 Å². The molecule has 1 saturated heterocycles. The monoisotopic (exact) mass is 500 g/mol. The standard InChI is InChI=1S/C29H36N6O2/c1-6-20-18-35(28-27-25(33(5)29(36)32-28)15-16-26(30-4)31-27)21(7-2)17-34(20)24(8-3)19-9-11-22(12-10-19)37-23-13-14-23/h9-12,15-16,20-21,23-24H,6-8,13-14,17-18H2,1-3,5H3/t20-,21+,24?/m1/s1. The van der Waals surface area contributed by atoms with Crippen molar-refractivity contribution in [3.05, 3.63) is 63.9 Å². The van der Waals surface area contributed by atoms with Gasteiger partial charge in [0.1, 0.15) is 5.75 Å². The minimum atomic E-state index is -0.301. The summed E-state index contributed by atoms with van der Waals surface area (Å²) in [5, 5.41) is 0. The number of ether oxygens (including phenoxy) is 1. The second-order valence-electron chi connectivity index (χ2n) is 10.2. The summed E-state index contributed by atoms with van der Waals surface area (Å²) in [6.45, 7) is 15.7. The molecule has 1 saturated carbocycles.